The van der Waals surface area contributed by atoms with Crippen LogP contribution in [0.2, 0.25) is 0 Å². The van der Waals surface area contributed by atoms with Gasteiger partial charge in [-0.05, 0) is 32.8 Å². The number of carbonyl (C=O) groups excluding carboxylic acids is 3. The number of aryl methyl sites for hydroxylation is 2. The number of benzene rings is 1. The zero-order valence-electron chi connectivity index (χ0n) is 17.7. The van der Waals surface area contributed by atoms with Crippen molar-refractivity contribution in [3.8, 4) is 0 Å². The summed E-state index contributed by atoms with van der Waals surface area (Å²) in [6.45, 7) is 5.19. The highest BCUT2D eigenvalue weighted by Gasteiger charge is 2.34. The van der Waals surface area contributed by atoms with E-state index in [0.29, 0.717) is 17.7 Å². The van der Waals surface area contributed by atoms with Crippen LogP contribution in [0.25, 0.3) is 0 Å². The Morgan fingerprint density at radius 3 is 2.55 bits per heavy atom. The van der Waals surface area contributed by atoms with Gasteiger partial charge in [0.15, 0.2) is 0 Å². The number of carbonyl (C=O) groups is 3. The molecule has 9 heteroatoms. The molecule has 2 N–H and O–H groups in total. The van der Waals surface area contributed by atoms with Crippen LogP contribution in [0.5, 0.6) is 0 Å². The first-order valence-electron chi connectivity index (χ1n) is 10.0. The maximum atomic E-state index is 12.7. The van der Waals surface area contributed by atoms with Crippen LogP contribution in [0.3, 0.4) is 0 Å². The molecule has 2 aromatic rings. The van der Waals surface area contributed by atoms with Crippen LogP contribution in [0.15, 0.2) is 46.1 Å². The van der Waals surface area contributed by atoms with Crippen LogP contribution in [-0.2, 0) is 25.5 Å². The molecule has 1 unspecified atom stereocenters. The van der Waals surface area contributed by atoms with Gasteiger partial charge in [0.2, 0.25) is 0 Å². The molecular weight excluding hydrogens is 402 g/mol. The van der Waals surface area contributed by atoms with E-state index in [2.05, 4.69) is 15.8 Å². The third-order valence-corrected chi connectivity index (χ3v) is 4.92. The van der Waals surface area contributed by atoms with Crippen LogP contribution in [0.1, 0.15) is 42.0 Å². The second-order valence-electron chi connectivity index (χ2n) is 7.02. The second kappa shape index (κ2) is 9.92. The van der Waals surface area contributed by atoms with Crippen molar-refractivity contribution in [1.82, 2.24) is 15.8 Å². The quantitative estimate of drug-likeness (QED) is 0.622. The zero-order chi connectivity index (χ0) is 22.4. The van der Waals surface area contributed by atoms with E-state index in [0.717, 1.165) is 11.3 Å². The van der Waals surface area contributed by atoms with E-state index in [4.69, 9.17) is 14.0 Å². The molecule has 3 rings (SSSR count). The Morgan fingerprint density at radius 2 is 1.90 bits per heavy atom. The number of esters is 2. The average molecular weight is 427 g/mol. The highest BCUT2D eigenvalue weighted by atomic mass is 16.5. The maximum Gasteiger partial charge on any atom is 0.338 e. The first-order valence-corrected chi connectivity index (χ1v) is 10.0. The van der Waals surface area contributed by atoms with Crippen molar-refractivity contribution in [1.29, 1.82) is 0 Å². The molecule has 0 spiro atoms. The van der Waals surface area contributed by atoms with E-state index >= 15 is 0 Å². The average Bonchev–Trinajstić information content (AvgIpc) is 3.08. The number of nitrogens with zero attached hydrogens (tertiary/aromatic N) is 1. The van der Waals surface area contributed by atoms with Crippen molar-refractivity contribution in [2.75, 3.05) is 13.2 Å². The lowest BCUT2D eigenvalue weighted by Crippen LogP contribution is -2.47. The van der Waals surface area contributed by atoms with E-state index < -0.39 is 24.0 Å². The van der Waals surface area contributed by atoms with Crippen LogP contribution >= 0.6 is 0 Å². The molecule has 1 aliphatic rings. The van der Waals surface area contributed by atoms with Crippen molar-refractivity contribution in [3.63, 3.8) is 0 Å². The second-order valence-corrected chi connectivity index (χ2v) is 7.02. The molecule has 1 aromatic heterocycles. The number of hydrogen-bond acceptors (Lipinski definition) is 7. The first-order chi connectivity index (χ1) is 14.9. The SMILES string of the molecule is CCOC(=O)C1=C(COC(=O)CCc2c(C)noc2C)NC(=O)NC1c1ccccc1. The number of rotatable bonds is 8. The van der Waals surface area contributed by atoms with Gasteiger partial charge in [0.05, 0.1) is 29.6 Å². The smallest absolute Gasteiger partial charge is 0.338 e. The van der Waals surface area contributed by atoms with Gasteiger partial charge >= 0.3 is 18.0 Å². The van der Waals surface area contributed by atoms with E-state index in [1.165, 1.54) is 0 Å². The normalized spacial score (nSPS) is 15.8. The number of amides is 2. The predicted octanol–water partition coefficient (Wildman–Crippen LogP) is 2.64. The molecular formula is C22H25N3O6. The Labute approximate surface area is 179 Å². The van der Waals surface area contributed by atoms with Gasteiger partial charge in [0, 0.05) is 12.0 Å². The Hall–Kier alpha value is -3.62. The van der Waals surface area contributed by atoms with Crippen molar-refractivity contribution >= 4 is 18.0 Å². The minimum absolute atomic E-state index is 0.110. The Balaban J connectivity index is 1.77. The Morgan fingerprint density at radius 1 is 1.16 bits per heavy atom. The first kappa shape index (κ1) is 22.1. The summed E-state index contributed by atoms with van der Waals surface area (Å²) in [5.74, 6) is -0.403. The van der Waals surface area contributed by atoms with Gasteiger partial charge in [-0.15, -0.1) is 0 Å². The summed E-state index contributed by atoms with van der Waals surface area (Å²) in [6.07, 6.45) is 0.531. The Bertz CT molecular complexity index is 976. The molecule has 31 heavy (non-hydrogen) atoms. The molecule has 164 valence electrons. The van der Waals surface area contributed by atoms with Crippen molar-refractivity contribution in [3.05, 3.63) is 64.2 Å². The van der Waals surface area contributed by atoms with Gasteiger partial charge in [0.25, 0.3) is 0 Å². The third-order valence-electron chi connectivity index (χ3n) is 4.92. The van der Waals surface area contributed by atoms with Gasteiger partial charge in [-0.3, -0.25) is 4.79 Å². The molecule has 0 aliphatic carbocycles. The summed E-state index contributed by atoms with van der Waals surface area (Å²) in [7, 11) is 0. The number of nitrogens with one attached hydrogen (secondary N) is 2. The molecule has 2 amide bonds. The molecule has 0 bridgehead atoms. The third kappa shape index (κ3) is 5.30. The molecule has 0 fully saturated rings. The molecule has 2 heterocycles. The highest BCUT2D eigenvalue weighted by Crippen LogP contribution is 2.28. The summed E-state index contributed by atoms with van der Waals surface area (Å²) >= 11 is 0. The summed E-state index contributed by atoms with van der Waals surface area (Å²) in [5, 5.41) is 9.17. The molecule has 0 saturated carbocycles. The predicted molar refractivity (Wildman–Crippen MR) is 110 cm³/mol. The topological polar surface area (TPSA) is 120 Å². The lowest BCUT2D eigenvalue weighted by molar-refractivity contribution is -0.143. The number of urea groups is 1. The van der Waals surface area contributed by atoms with E-state index in [9.17, 15) is 14.4 Å². The number of aromatic nitrogens is 1. The molecule has 1 atom stereocenters. The van der Waals surface area contributed by atoms with Gasteiger partial charge < -0.3 is 24.6 Å². The highest BCUT2D eigenvalue weighted by molar-refractivity contribution is 5.95. The van der Waals surface area contributed by atoms with Gasteiger partial charge in [-0.2, -0.15) is 0 Å². The molecule has 0 radical (unpaired) electrons. The molecule has 9 nitrogen and oxygen atoms in total. The number of ether oxygens (including phenoxy) is 2. The van der Waals surface area contributed by atoms with E-state index in [1.807, 2.05) is 13.0 Å². The standard InChI is InChI=1S/C22H25N3O6/c1-4-29-21(27)19-17(23-22(28)24-20(19)15-8-6-5-7-9-15)12-30-18(26)11-10-16-13(2)25-31-14(16)3/h5-9,20H,4,10-12H2,1-3H3,(H2,23,24,28). The fourth-order valence-corrected chi connectivity index (χ4v) is 3.39. The maximum absolute atomic E-state index is 12.7. The van der Waals surface area contributed by atoms with Crippen LogP contribution in [-0.4, -0.2) is 36.3 Å². The summed E-state index contributed by atoms with van der Waals surface area (Å²) in [6, 6.07) is 7.82. The summed E-state index contributed by atoms with van der Waals surface area (Å²) in [4.78, 5) is 37.2. The van der Waals surface area contributed by atoms with E-state index in [1.54, 1.807) is 38.1 Å². The monoisotopic (exact) mass is 427 g/mol. The van der Waals surface area contributed by atoms with Crippen LogP contribution in [0, 0.1) is 13.8 Å². The lowest BCUT2D eigenvalue weighted by Gasteiger charge is -2.29. The molecule has 1 aromatic carbocycles. The van der Waals surface area contributed by atoms with Gasteiger partial charge in [0.1, 0.15) is 12.4 Å². The largest absolute Gasteiger partial charge is 0.463 e. The Kier molecular flexibility index (Phi) is 7.07. The molecule has 1 aliphatic heterocycles. The van der Waals surface area contributed by atoms with Crippen molar-refractivity contribution < 1.29 is 28.4 Å². The molecule has 0 saturated heterocycles. The van der Waals surface area contributed by atoms with Crippen LogP contribution in [0.4, 0.5) is 4.79 Å². The minimum Gasteiger partial charge on any atom is -0.463 e. The van der Waals surface area contributed by atoms with Gasteiger partial charge in [-0.25, -0.2) is 9.59 Å². The zero-order valence-corrected chi connectivity index (χ0v) is 17.7. The summed E-state index contributed by atoms with van der Waals surface area (Å²) < 4.78 is 15.6. The summed E-state index contributed by atoms with van der Waals surface area (Å²) in [5.41, 5.74) is 2.70. The van der Waals surface area contributed by atoms with Crippen molar-refractivity contribution in [2.45, 2.75) is 39.7 Å². The van der Waals surface area contributed by atoms with Crippen LogP contribution < -0.4 is 10.6 Å². The lowest BCUT2D eigenvalue weighted by atomic mass is 9.95. The number of hydrogen-bond donors (Lipinski definition) is 2. The fraction of sp³-hybridized carbons (Fsp3) is 0.364. The fourth-order valence-electron chi connectivity index (χ4n) is 3.39. The van der Waals surface area contributed by atoms with Crippen molar-refractivity contribution in [2.24, 2.45) is 0 Å². The van der Waals surface area contributed by atoms with E-state index in [-0.39, 0.29) is 30.9 Å². The minimum atomic E-state index is -0.718. The van der Waals surface area contributed by atoms with Gasteiger partial charge in [-0.1, -0.05) is 35.5 Å².